The van der Waals surface area contributed by atoms with Crippen LogP contribution in [0.3, 0.4) is 0 Å². The lowest BCUT2D eigenvalue weighted by atomic mass is 9.84. The molecule has 2 aromatic heterocycles. The van der Waals surface area contributed by atoms with Gasteiger partial charge in [0.25, 0.3) is 0 Å². The third-order valence-corrected chi connectivity index (χ3v) is 9.78. The van der Waals surface area contributed by atoms with Gasteiger partial charge in [0.15, 0.2) is 0 Å². The number of rotatable bonds is 7. The van der Waals surface area contributed by atoms with Crippen molar-refractivity contribution in [3.63, 3.8) is 0 Å². The number of benzene rings is 6. The molecule has 5 heteroatoms. The summed E-state index contributed by atoms with van der Waals surface area (Å²) in [7, 11) is 0. The first-order valence-corrected chi connectivity index (χ1v) is 18.8. The molecule has 0 saturated heterocycles. The maximum Gasteiger partial charge on any atom is 0.124 e. The molecule has 57 heavy (non-hydrogen) atoms. The van der Waals surface area contributed by atoms with Crippen LogP contribution in [0.5, 0.6) is 0 Å². The van der Waals surface area contributed by atoms with Gasteiger partial charge >= 0.3 is 0 Å². The maximum atomic E-state index is 9.01. The van der Waals surface area contributed by atoms with E-state index in [9.17, 15) is 0 Å². The number of nitrogen functional groups attached to an aromatic ring is 1. The molecule has 9 rings (SSSR count). The predicted octanol–water partition coefficient (Wildman–Crippen LogP) is 12.6. The molecule has 0 amide bonds. The number of hydrogen-bond donors (Lipinski definition) is 3. The lowest BCUT2D eigenvalue weighted by Crippen LogP contribution is -2.16. The fourth-order valence-electron chi connectivity index (χ4n) is 6.91. The third kappa shape index (κ3) is 8.49. The minimum atomic E-state index is 0.204. The zero-order chi connectivity index (χ0) is 39.0. The van der Waals surface area contributed by atoms with E-state index in [0.29, 0.717) is 5.82 Å². The van der Waals surface area contributed by atoms with Crippen molar-refractivity contribution in [2.75, 3.05) is 5.73 Å². The molecule has 0 aliphatic heterocycles. The topological polar surface area (TPSA) is 99.5 Å². The fraction of sp³-hybridized carbons (Fsp3) is 0. The summed E-state index contributed by atoms with van der Waals surface area (Å²) >= 11 is 0. The molecular formula is C52H39N5. The second-order valence-corrected chi connectivity index (χ2v) is 13.7. The van der Waals surface area contributed by atoms with Crippen molar-refractivity contribution in [3.05, 3.63) is 224 Å². The summed E-state index contributed by atoms with van der Waals surface area (Å²) in [5.74, 6) is 0.517. The van der Waals surface area contributed by atoms with E-state index in [-0.39, 0.29) is 11.4 Å². The van der Waals surface area contributed by atoms with Crippen molar-refractivity contribution in [1.29, 1.82) is 10.8 Å². The van der Waals surface area contributed by atoms with Crippen LogP contribution in [0.4, 0.5) is 5.82 Å². The molecule has 0 bridgehead atoms. The zero-order valence-electron chi connectivity index (χ0n) is 31.2. The summed E-state index contributed by atoms with van der Waals surface area (Å²) in [6.45, 7) is 0. The van der Waals surface area contributed by atoms with Crippen LogP contribution in [0, 0.1) is 10.8 Å². The van der Waals surface area contributed by atoms with Crippen LogP contribution in [0.1, 0.15) is 11.1 Å². The number of anilines is 1. The number of nitrogens with two attached hydrogens (primary N) is 1. The molecule has 0 atom stereocenters. The summed E-state index contributed by atoms with van der Waals surface area (Å²) < 4.78 is 0. The molecule has 272 valence electrons. The number of aromatic nitrogens is 2. The van der Waals surface area contributed by atoms with Crippen molar-refractivity contribution < 1.29 is 0 Å². The van der Waals surface area contributed by atoms with Crippen molar-refractivity contribution in [2.24, 2.45) is 0 Å². The van der Waals surface area contributed by atoms with Gasteiger partial charge in [-0.25, -0.2) is 4.98 Å². The van der Waals surface area contributed by atoms with Gasteiger partial charge in [-0.15, -0.1) is 0 Å². The molecule has 1 aliphatic carbocycles. The molecular weight excluding hydrogens is 695 g/mol. The Kier molecular flexibility index (Phi) is 10.6. The predicted molar refractivity (Wildman–Crippen MR) is 238 cm³/mol. The van der Waals surface area contributed by atoms with Crippen LogP contribution in [0.2, 0.25) is 0 Å². The highest BCUT2D eigenvalue weighted by atomic mass is 14.9. The van der Waals surface area contributed by atoms with E-state index in [0.717, 1.165) is 78.2 Å². The zero-order valence-corrected chi connectivity index (χ0v) is 31.2. The molecule has 5 nitrogen and oxygen atoms in total. The van der Waals surface area contributed by atoms with E-state index >= 15 is 0 Å². The van der Waals surface area contributed by atoms with Gasteiger partial charge in [-0.3, -0.25) is 15.8 Å². The largest absolute Gasteiger partial charge is 0.384 e. The van der Waals surface area contributed by atoms with Gasteiger partial charge in [-0.1, -0.05) is 133 Å². The first-order chi connectivity index (χ1) is 28.0. The number of hydrogen-bond acceptors (Lipinski definition) is 5. The van der Waals surface area contributed by atoms with Gasteiger partial charge in [0, 0.05) is 11.8 Å². The summed E-state index contributed by atoms with van der Waals surface area (Å²) in [6, 6.07) is 65.8. The van der Waals surface area contributed by atoms with E-state index < -0.39 is 0 Å². The summed E-state index contributed by atoms with van der Waals surface area (Å²) in [5.41, 5.74) is 20.1. The van der Waals surface area contributed by atoms with Crippen LogP contribution >= 0.6 is 0 Å². The van der Waals surface area contributed by atoms with Gasteiger partial charge in [0.2, 0.25) is 0 Å². The van der Waals surface area contributed by atoms with Crippen LogP contribution < -0.4 is 5.73 Å². The molecule has 0 unspecified atom stereocenters. The average Bonchev–Trinajstić information content (AvgIpc) is 3.28. The first-order valence-electron chi connectivity index (χ1n) is 18.8. The Morgan fingerprint density at radius 3 is 1.23 bits per heavy atom. The van der Waals surface area contributed by atoms with Gasteiger partial charge in [-0.05, 0) is 134 Å². The van der Waals surface area contributed by atoms with Crippen LogP contribution in [0.25, 0.3) is 67.0 Å². The normalized spacial score (nSPS) is 12.2. The van der Waals surface area contributed by atoms with Gasteiger partial charge in [-0.2, -0.15) is 0 Å². The first kappa shape index (κ1) is 36.2. The van der Waals surface area contributed by atoms with E-state index in [1.807, 2.05) is 84.9 Å². The molecule has 1 aliphatic rings. The molecule has 2 heterocycles. The quantitative estimate of drug-likeness (QED) is 0.142. The minimum Gasteiger partial charge on any atom is -0.384 e. The highest BCUT2D eigenvalue weighted by Gasteiger charge is 2.21. The molecule has 6 aromatic carbocycles. The van der Waals surface area contributed by atoms with Crippen LogP contribution in [-0.2, 0) is 0 Å². The van der Waals surface area contributed by atoms with E-state index in [1.165, 1.54) is 0 Å². The van der Waals surface area contributed by atoms with Crippen LogP contribution in [0.15, 0.2) is 212 Å². The Morgan fingerprint density at radius 2 is 0.789 bits per heavy atom. The van der Waals surface area contributed by atoms with Gasteiger partial charge < -0.3 is 5.73 Å². The lowest BCUT2D eigenvalue weighted by molar-refractivity contribution is 1.25. The third-order valence-electron chi connectivity index (χ3n) is 9.78. The van der Waals surface area contributed by atoms with Crippen molar-refractivity contribution in [1.82, 2.24) is 9.97 Å². The average molecular weight is 734 g/mol. The van der Waals surface area contributed by atoms with E-state index in [2.05, 4.69) is 125 Å². The Hall–Kier alpha value is -7.76. The highest BCUT2D eigenvalue weighted by molar-refractivity contribution is 6.61. The van der Waals surface area contributed by atoms with Gasteiger partial charge in [0.1, 0.15) is 5.82 Å². The molecule has 8 aromatic rings. The second-order valence-electron chi connectivity index (χ2n) is 13.7. The summed E-state index contributed by atoms with van der Waals surface area (Å²) in [6.07, 6.45) is 5.64. The number of nitrogens with one attached hydrogen (secondary N) is 2. The smallest absolute Gasteiger partial charge is 0.124 e. The highest BCUT2D eigenvalue weighted by Crippen LogP contribution is 2.37. The Balaban J connectivity index is 0.000000296. The summed E-state index contributed by atoms with van der Waals surface area (Å²) in [4.78, 5) is 8.33. The molecule has 0 spiro atoms. The maximum absolute atomic E-state index is 9.01. The van der Waals surface area contributed by atoms with E-state index in [4.69, 9.17) is 16.6 Å². The molecule has 4 N–H and O–H groups in total. The van der Waals surface area contributed by atoms with Crippen LogP contribution in [-0.4, -0.2) is 21.4 Å². The molecule has 0 saturated carbocycles. The monoisotopic (exact) mass is 733 g/mol. The standard InChI is InChI=1S/C42H30N2.C10H9N3/c43-41-28-38(37-23-33(29-13-5-1-6-14-29)21-34(24-37)30-15-7-2-8-16-30)27-40(42(41)44)39-25-35(31-17-9-3-10-18-31)22-36(26-39)32-19-11-4-12-20-32;11-10-6-3-5-9(13-10)8-4-1-2-7-12-8/h1-28,43-44H;1-7H,(H2,11,13). The number of allylic oxidation sites excluding steroid dienone is 4. The minimum absolute atomic E-state index is 0.204. The Labute approximate surface area is 333 Å². The van der Waals surface area contributed by atoms with Gasteiger partial charge in [0.05, 0.1) is 22.8 Å². The van der Waals surface area contributed by atoms with Crippen molar-refractivity contribution >= 4 is 28.4 Å². The molecule has 0 radical (unpaired) electrons. The van der Waals surface area contributed by atoms with Crippen molar-refractivity contribution in [2.45, 2.75) is 0 Å². The fourth-order valence-corrected chi connectivity index (χ4v) is 6.91. The number of pyridine rings is 2. The SMILES string of the molecule is N=C1C=C(c2cc(-c3ccccc3)cc(-c3ccccc3)c2)C=C(c2cc(-c3ccccc3)cc(-c3ccccc3)c2)C1=N.Nc1cccc(-c2ccccn2)n1. The number of nitrogens with zero attached hydrogens (tertiary/aromatic N) is 2. The van der Waals surface area contributed by atoms with Crippen molar-refractivity contribution in [3.8, 4) is 55.9 Å². The Morgan fingerprint density at radius 1 is 0.368 bits per heavy atom. The Bertz CT molecular complexity index is 2620. The molecule has 0 fully saturated rings. The second kappa shape index (κ2) is 16.7. The lowest BCUT2D eigenvalue weighted by Gasteiger charge is -2.20. The summed E-state index contributed by atoms with van der Waals surface area (Å²) in [5, 5.41) is 17.9. The van der Waals surface area contributed by atoms with E-state index in [1.54, 1.807) is 12.3 Å².